The molecule has 0 radical (unpaired) electrons. The van der Waals surface area contributed by atoms with Crippen molar-refractivity contribution in [2.45, 2.75) is 19.3 Å². The van der Waals surface area contributed by atoms with Gasteiger partial charge in [-0.25, -0.2) is 8.78 Å². The van der Waals surface area contributed by atoms with Crippen LogP contribution in [0.5, 0.6) is 0 Å². The van der Waals surface area contributed by atoms with Crippen molar-refractivity contribution in [1.82, 2.24) is 0 Å². The van der Waals surface area contributed by atoms with Crippen molar-refractivity contribution in [3.63, 3.8) is 0 Å². The zero-order chi connectivity index (χ0) is 8.04. The Bertz CT molecular complexity index is 79.6. The van der Waals surface area contributed by atoms with Gasteiger partial charge in [0.1, 0.15) is 6.61 Å². The Balaban J connectivity index is 3.04. The second kappa shape index (κ2) is 4.55. The van der Waals surface area contributed by atoms with Gasteiger partial charge >= 0.3 is 0 Å². The van der Waals surface area contributed by atoms with Crippen LogP contribution in [-0.2, 0) is 4.74 Å². The van der Waals surface area contributed by atoms with E-state index < -0.39 is 19.2 Å². The molecule has 0 spiro atoms. The van der Waals surface area contributed by atoms with Crippen molar-refractivity contribution in [3.05, 3.63) is 0 Å². The molecule has 0 aliphatic carbocycles. The average Bonchev–Trinajstić information content (AvgIpc) is 1.78. The van der Waals surface area contributed by atoms with Gasteiger partial charge in [0.25, 0.3) is 5.92 Å². The van der Waals surface area contributed by atoms with Gasteiger partial charge in [-0.05, 0) is 6.42 Å². The van der Waals surface area contributed by atoms with E-state index in [1.807, 2.05) is 0 Å². The van der Waals surface area contributed by atoms with Gasteiger partial charge in [-0.15, -0.1) is 0 Å². The van der Waals surface area contributed by atoms with Gasteiger partial charge in [0.2, 0.25) is 0 Å². The van der Waals surface area contributed by atoms with Crippen LogP contribution in [0.3, 0.4) is 0 Å². The van der Waals surface area contributed by atoms with Crippen molar-refractivity contribution >= 4 is 0 Å². The summed E-state index contributed by atoms with van der Waals surface area (Å²) in [6.45, 7) is -0.301. The van der Waals surface area contributed by atoms with Crippen LogP contribution >= 0.6 is 0 Å². The van der Waals surface area contributed by atoms with Gasteiger partial charge in [-0.2, -0.15) is 0 Å². The lowest BCUT2D eigenvalue weighted by molar-refractivity contribution is -0.0632. The molecule has 0 fully saturated rings. The van der Waals surface area contributed by atoms with Crippen molar-refractivity contribution in [3.8, 4) is 0 Å². The molecule has 62 valence electrons. The zero-order valence-corrected chi connectivity index (χ0v) is 5.87. The third-order valence-corrected chi connectivity index (χ3v) is 0.778. The maximum absolute atomic E-state index is 11.9. The molecule has 0 N–H and O–H groups in total. The topological polar surface area (TPSA) is 9.23 Å². The SMILES string of the molecule is CC(F)(F)COCCCF. The Morgan fingerprint density at radius 1 is 1.40 bits per heavy atom. The van der Waals surface area contributed by atoms with E-state index in [9.17, 15) is 13.2 Å². The lowest BCUT2D eigenvalue weighted by Crippen LogP contribution is -2.19. The first kappa shape index (κ1) is 9.75. The predicted octanol–water partition coefficient (Wildman–Crippen LogP) is 2.02. The average molecular weight is 156 g/mol. The zero-order valence-electron chi connectivity index (χ0n) is 5.87. The number of hydrogen-bond donors (Lipinski definition) is 0. The fraction of sp³-hybridized carbons (Fsp3) is 1.00. The van der Waals surface area contributed by atoms with Gasteiger partial charge in [0, 0.05) is 13.5 Å². The van der Waals surface area contributed by atoms with Gasteiger partial charge in [0.15, 0.2) is 0 Å². The molecular formula is C6H11F3O. The molecule has 0 aromatic carbocycles. The predicted molar refractivity (Wildman–Crippen MR) is 32.0 cm³/mol. The highest BCUT2D eigenvalue weighted by atomic mass is 19.3. The van der Waals surface area contributed by atoms with Crippen LogP contribution in [0, 0.1) is 0 Å². The molecule has 0 unspecified atom stereocenters. The normalized spacial score (nSPS) is 12.0. The summed E-state index contributed by atoms with van der Waals surface area (Å²) in [7, 11) is 0. The highest BCUT2D eigenvalue weighted by Gasteiger charge is 2.20. The van der Waals surface area contributed by atoms with Gasteiger partial charge < -0.3 is 4.74 Å². The number of alkyl halides is 3. The molecule has 0 aliphatic rings. The molecule has 0 aromatic rings. The van der Waals surface area contributed by atoms with Crippen molar-refractivity contribution in [2.24, 2.45) is 0 Å². The van der Waals surface area contributed by atoms with E-state index in [2.05, 4.69) is 4.74 Å². The molecule has 1 nitrogen and oxygen atoms in total. The molecule has 4 heteroatoms. The molecule has 0 bridgehead atoms. The van der Waals surface area contributed by atoms with Crippen LogP contribution in [0.15, 0.2) is 0 Å². The van der Waals surface area contributed by atoms with Crippen molar-refractivity contribution in [1.29, 1.82) is 0 Å². The number of ether oxygens (including phenoxy) is 1. The molecule has 0 rings (SSSR count). The van der Waals surface area contributed by atoms with E-state index >= 15 is 0 Å². The Hall–Kier alpha value is -0.250. The molecule has 0 aromatic heterocycles. The molecule has 0 aliphatic heterocycles. The third kappa shape index (κ3) is 7.75. The Labute approximate surface area is 58.2 Å². The summed E-state index contributed by atoms with van der Waals surface area (Å²) in [5.41, 5.74) is 0. The lowest BCUT2D eigenvalue weighted by atomic mass is 10.4. The van der Waals surface area contributed by atoms with E-state index in [4.69, 9.17) is 0 Å². The van der Waals surface area contributed by atoms with Crippen LogP contribution in [0.1, 0.15) is 13.3 Å². The smallest absolute Gasteiger partial charge is 0.268 e. The van der Waals surface area contributed by atoms with Crippen LogP contribution in [-0.4, -0.2) is 25.8 Å². The molecule has 0 amide bonds. The van der Waals surface area contributed by atoms with Crippen LogP contribution in [0.25, 0.3) is 0 Å². The minimum atomic E-state index is -2.80. The van der Waals surface area contributed by atoms with Gasteiger partial charge in [0.05, 0.1) is 6.67 Å². The molecule has 0 heterocycles. The van der Waals surface area contributed by atoms with Crippen LogP contribution in [0.2, 0.25) is 0 Å². The fourth-order valence-corrected chi connectivity index (χ4v) is 0.408. The molecule has 0 saturated heterocycles. The highest BCUT2D eigenvalue weighted by molar-refractivity contribution is 4.54. The maximum atomic E-state index is 11.9. The third-order valence-electron chi connectivity index (χ3n) is 0.778. The Morgan fingerprint density at radius 3 is 2.40 bits per heavy atom. The van der Waals surface area contributed by atoms with Gasteiger partial charge in [-0.3, -0.25) is 4.39 Å². The van der Waals surface area contributed by atoms with Crippen molar-refractivity contribution < 1.29 is 17.9 Å². The van der Waals surface area contributed by atoms with E-state index in [0.717, 1.165) is 6.92 Å². The van der Waals surface area contributed by atoms with Crippen LogP contribution < -0.4 is 0 Å². The first-order valence-electron chi connectivity index (χ1n) is 3.08. The number of hydrogen-bond acceptors (Lipinski definition) is 1. The molecule has 0 atom stereocenters. The lowest BCUT2D eigenvalue weighted by Gasteiger charge is -2.09. The second-order valence-corrected chi connectivity index (χ2v) is 2.17. The summed E-state index contributed by atoms with van der Waals surface area (Å²) >= 11 is 0. The van der Waals surface area contributed by atoms with Crippen LogP contribution in [0.4, 0.5) is 13.2 Å². The van der Waals surface area contributed by atoms with Gasteiger partial charge in [-0.1, -0.05) is 0 Å². The van der Waals surface area contributed by atoms with E-state index in [0.29, 0.717) is 0 Å². The summed E-state index contributed by atoms with van der Waals surface area (Å²) in [5, 5.41) is 0. The second-order valence-electron chi connectivity index (χ2n) is 2.17. The molecular weight excluding hydrogens is 145 g/mol. The quantitative estimate of drug-likeness (QED) is 0.553. The van der Waals surface area contributed by atoms with E-state index in [-0.39, 0.29) is 13.0 Å². The fourth-order valence-electron chi connectivity index (χ4n) is 0.408. The summed E-state index contributed by atoms with van der Waals surface area (Å²) < 4.78 is 39.7. The monoisotopic (exact) mass is 156 g/mol. The molecule has 10 heavy (non-hydrogen) atoms. The number of rotatable bonds is 5. The minimum Gasteiger partial charge on any atom is -0.375 e. The Morgan fingerprint density at radius 2 is 2.00 bits per heavy atom. The number of halogens is 3. The largest absolute Gasteiger partial charge is 0.375 e. The standard InChI is InChI=1S/C6H11F3O/c1-6(8,9)5-10-4-2-3-7/h2-5H2,1H3. The first-order chi connectivity index (χ1) is 4.56. The van der Waals surface area contributed by atoms with E-state index in [1.165, 1.54) is 0 Å². The molecule has 0 saturated carbocycles. The first-order valence-corrected chi connectivity index (χ1v) is 3.08. The summed E-state index contributed by atoms with van der Waals surface area (Å²) in [6.07, 6.45) is 0.191. The highest BCUT2D eigenvalue weighted by Crippen LogP contribution is 2.11. The van der Waals surface area contributed by atoms with Crippen molar-refractivity contribution in [2.75, 3.05) is 19.9 Å². The summed E-state index contributed by atoms with van der Waals surface area (Å²) in [5.74, 6) is -2.80. The van der Waals surface area contributed by atoms with E-state index in [1.54, 1.807) is 0 Å². The summed E-state index contributed by atoms with van der Waals surface area (Å²) in [4.78, 5) is 0. The maximum Gasteiger partial charge on any atom is 0.268 e. The Kier molecular flexibility index (Phi) is 4.43. The summed E-state index contributed by atoms with van der Waals surface area (Å²) in [6, 6.07) is 0. The minimum absolute atomic E-state index is 0.0694.